The molecule has 0 aromatic heterocycles. The van der Waals surface area contributed by atoms with E-state index in [1.54, 1.807) is 6.92 Å². The lowest BCUT2D eigenvalue weighted by molar-refractivity contribution is -0.115. The summed E-state index contributed by atoms with van der Waals surface area (Å²) in [7, 11) is 0. The van der Waals surface area contributed by atoms with Gasteiger partial charge in [0, 0.05) is 37.6 Å². The van der Waals surface area contributed by atoms with Crippen molar-refractivity contribution in [1.82, 2.24) is 4.90 Å². The molecule has 2 saturated heterocycles. The summed E-state index contributed by atoms with van der Waals surface area (Å²) in [5.41, 5.74) is 2.30. The molecule has 0 bridgehead atoms. The Morgan fingerprint density at radius 1 is 1.11 bits per heavy atom. The van der Waals surface area contributed by atoms with Gasteiger partial charge in [0.1, 0.15) is 5.38 Å². The number of halogens is 1. The normalized spacial score (nSPS) is 19.7. The molecular formula is C21H30ClN3O2. The molecule has 1 atom stereocenters. The Hall–Kier alpha value is -1.75. The molecule has 0 radical (unpaired) electrons. The van der Waals surface area contributed by atoms with Crippen LogP contribution in [0.5, 0.6) is 0 Å². The molecule has 0 unspecified atom stereocenters. The second kappa shape index (κ2) is 8.96. The number of nitrogens with one attached hydrogen (secondary N) is 1. The highest BCUT2D eigenvalue weighted by Crippen LogP contribution is 2.29. The standard InChI is InChI=1S/C21H30ClN3O2/c1-15-8-12-25(13-9-15)21(27)18-14-17(23-20(26)16(2)22)6-7-19(18)24-10-4-3-5-11-24/h6-7,14-16H,3-5,8-13H2,1-2H3,(H,23,26)/t16-/m0/s1. The molecule has 2 aliphatic rings. The van der Waals surface area contributed by atoms with Crippen LogP contribution in [-0.4, -0.2) is 48.3 Å². The van der Waals surface area contributed by atoms with Gasteiger partial charge in [0.25, 0.3) is 5.91 Å². The molecule has 1 aromatic carbocycles. The van der Waals surface area contributed by atoms with Gasteiger partial charge in [-0.1, -0.05) is 6.92 Å². The molecule has 3 rings (SSSR count). The topological polar surface area (TPSA) is 52.7 Å². The van der Waals surface area contributed by atoms with Gasteiger partial charge in [0.2, 0.25) is 5.91 Å². The maximum Gasteiger partial charge on any atom is 0.256 e. The van der Waals surface area contributed by atoms with Gasteiger partial charge in [-0.15, -0.1) is 11.6 Å². The van der Waals surface area contributed by atoms with E-state index >= 15 is 0 Å². The summed E-state index contributed by atoms with van der Waals surface area (Å²) < 4.78 is 0. The Balaban J connectivity index is 1.88. The average Bonchev–Trinajstić information content (AvgIpc) is 2.68. The number of nitrogens with zero attached hydrogens (tertiary/aromatic N) is 2. The zero-order valence-electron chi connectivity index (χ0n) is 16.3. The van der Waals surface area contributed by atoms with E-state index in [9.17, 15) is 9.59 Å². The number of anilines is 2. The highest BCUT2D eigenvalue weighted by Gasteiger charge is 2.26. The third kappa shape index (κ3) is 4.95. The number of carbonyl (C=O) groups is 2. The zero-order valence-corrected chi connectivity index (χ0v) is 17.1. The van der Waals surface area contributed by atoms with E-state index < -0.39 is 5.38 Å². The van der Waals surface area contributed by atoms with Crippen LogP contribution >= 0.6 is 11.6 Å². The number of hydrogen-bond donors (Lipinski definition) is 1. The van der Waals surface area contributed by atoms with E-state index in [2.05, 4.69) is 17.1 Å². The smallest absolute Gasteiger partial charge is 0.256 e. The minimum absolute atomic E-state index is 0.0671. The minimum atomic E-state index is -0.616. The van der Waals surface area contributed by atoms with Crippen LogP contribution in [0.1, 0.15) is 56.3 Å². The van der Waals surface area contributed by atoms with Gasteiger partial charge in [0.15, 0.2) is 0 Å². The third-order valence-corrected chi connectivity index (χ3v) is 5.82. The Bertz CT molecular complexity index is 678. The third-order valence-electron chi connectivity index (χ3n) is 5.62. The Kier molecular flexibility index (Phi) is 6.64. The molecule has 0 spiro atoms. The summed E-state index contributed by atoms with van der Waals surface area (Å²) in [5, 5.41) is 2.20. The molecule has 6 heteroatoms. The highest BCUT2D eigenvalue weighted by atomic mass is 35.5. The van der Waals surface area contributed by atoms with Gasteiger partial charge in [-0.3, -0.25) is 9.59 Å². The van der Waals surface area contributed by atoms with Gasteiger partial charge in [-0.05, 0) is 63.1 Å². The Labute approximate surface area is 167 Å². The summed E-state index contributed by atoms with van der Waals surface area (Å²) in [5.74, 6) is 0.483. The lowest BCUT2D eigenvalue weighted by atomic mass is 9.98. The van der Waals surface area contributed by atoms with Crippen molar-refractivity contribution in [2.45, 2.75) is 51.3 Å². The second-order valence-electron chi connectivity index (χ2n) is 7.86. The maximum absolute atomic E-state index is 13.3. The molecule has 2 fully saturated rings. The van der Waals surface area contributed by atoms with Crippen molar-refractivity contribution in [3.05, 3.63) is 23.8 Å². The van der Waals surface area contributed by atoms with Gasteiger partial charge >= 0.3 is 0 Å². The number of hydrogen-bond acceptors (Lipinski definition) is 3. The summed E-state index contributed by atoms with van der Waals surface area (Å²) in [6.45, 7) is 7.43. The fourth-order valence-electron chi connectivity index (χ4n) is 3.82. The fraction of sp³-hybridized carbons (Fsp3) is 0.619. The molecule has 5 nitrogen and oxygen atoms in total. The minimum Gasteiger partial charge on any atom is -0.371 e. The van der Waals surface area contributed by atoms with Crippen molar-refractivity contribution in [2.24, 2.45) is 5.92 Å². The van der Waals surface area contributed by atoms with E-state index in [1.807, 2.05) is 23.1 Å². The summed E-state index contributed by atoms with van der Waals surface area (Å²) in [6.07, 6.45) is 5.63. The SMILES string of the molecule is CC1CCN(C(=O)c2cc(NC(=O)[C@H](C)Cl)ccc2N2CCCCC2)CC1. The van der Waals surface area contributed by atoms with Crippen molar-refractivity contribution >= 4 is 34.8 Å². The molecule has 0 aliphatic carbocycles. The highest BCUT2D eigenvalue weighted by molar-refractivity contribution is 6.32. The summed E-state index contributed by atoms with van der Waals surface area (Å²) >= 11 is 5.87. The quantitative estimate of drug-likeness (QED) is 0.785. The first-order chi connectivity index (χ1) is 13.0. The first kappa shape index (κ1) is 20.0. The van der Waals surface area contributed by atoms with Crippen molar-refractivity contribution < 1.29 is 9.59 Å². The molecular weight excluding hydrogens is 362 g/mol. The number of alkyl halides is 1. The van der Waals surface area contributed by atoms with E-state index in [0.29, 0.717) is 17.2 Å². The molecule has 2 amide bonds. The Morgan fingerprint density at radius 2 is 1.78 bits per heavy atom. The zero-order chi connectivity index (χ0) is 19.4. The monoisotopic (exact) mass is 391 g/mol. The molecule has 1 aromatic rings. The fourth-order valence-corrected chi connectivity index (χ4v) is 3.87. The van der Waals surface area contributed by atoms with Crippen LogP contribution in [0.3, 0.4) is 0 Å². The largest absolute Gasteiger partial charge is 0.371 e. The van der Waals surface area contributed by atoms with Crippen molar-refractivity contribution in [1.29, 1.82) is 0 Å². The maximum atomic E-state index is 13.3. The molecule has 27 heavy (non-hydrogen) atoms. The number of piperidine rings is 2. The van der Waals surface area contributed by atoms with Crippen LogP contribution in [0, 0.1) is 5.92 Å². The number of amides is 2. The molecule has 2 aliphatic heterocycles. The van der Waals surface area contributed by atoms with Crippen LogP contribution in [-0.2, 0) is 4.79 Å². The molecule has 1 N–H and O–H groups in total. The van der Waals surface area contributed by atoms with E-state index in [-0.39, 0.29) is 11.8 Å². The predicted octanol–water partition coefficient (Wildman–Crippen LogP) is 4.11. The molecule has 2 heterocycles. The van der Waals surface area contributed by atoms with Gasteiger partial charge in [-0.2, -0.15) is 0 Å². The van der Waals surface area contributed by atoms with Crippen molar-refractivity contribution in [3.8, 4) is 0 Å². The lowest BCUT2D eigenvalue weighted by Crippen LogP contribution is -2.39. The van der Waals surface area contributed by atoms with Crippen LogP contribution in [0.2, 0.25) is 0 Å². The number of carbonyl (C=O) groups excluding carboxylic acids is 2. The molecule has 148 valence electrons. The predicted molar refractivity (Wildman–Crippen MR) is 111 cm³/mol. The van der Waals surface area contributed by atoms with E-state index in [0.717, 1.165) is 57.5 Å². The Morgan fingerprint density at radius 3 is 2.41 bits per heavy atom. The van der Waals surface area contributed by atoms with E-state index in [1.165, 1.54) is 6.42 Å². The summed E-state index contributed by atoms with van der Waals surface area (Å²) in [6, 6.07) is 5.66. The number of rotatable bonds is 4. The first-order valence-corrected chi connectivity index (χ1v) is 10.5. The average molecular weight is 392 g/mol. The van der Waals surface area contributed by atoms with E-state index in [4.69, 9.17) is 11.6 Å². The van der Waals surface area contributed by atoms with Gasteiger partial charge in [0.05, 0.1) is 5.56 Å². The van der Waals surface area contributed by atoms with Crippen molar-refractivity contribution in [3.63, 3.8) is 0 Å². The second-order valence-corrected chi connectivity index (χ2v) is 8.51. The summed E-state index contributed by atoms with van der Waals surface area (Å²) in [4.78, 5) is 29.5. The lowest BCUT2D eigenvalue weighted by Gasteiger charge is -2.34. The molecule has 0 saturated carbocycles. The van der Waals surface area contributed by atoms with Crippen LogP contribution < -0.4 is 10.2 Å². The van der Waals surface area contributed by atoms with Crippen molar-refractivity contribution in [2.75, 3.05) is 36.4 Å². The number of likely N-dealkylation sites (tertiary alicyclic amines) is 1. The van der Waals surface area contributed by atoms with Crippen LogP contribution in [0.25, 0.3) is 0 Å². The van der Waals surface area contributed by atoms with Crippen LogP contribution in [0.4, 0.5) is 11.4 Å². The van der Waals surface area contributed by atoms with Gasteiger partial charge < -0.3 is 15.1 Å². The van der Waals surface area contributed by atoms with Gasteiger partial charge in [-0.25, -0.2) is 0 Å². The van der Waals surface area contributed by atoms with Crippen LogP contribution in [0.15, 0.2) is 18.2 Å². The first-order valence-electron chi connectivity index (χ1n) is 10.1. The number of benzene rings is 1.